The van der Waals surface area contributed by atoms with Crippen LogP contribution in [0.3, 0.4) is 0 Å². The highest BCUT2D eigenvalue weighted by atomic mass is 16.5. The summed E-state index contributed by atoms with van der Waals surface area (Å²) in [6.45, 7) is 1.03. The molecule has 162 valence electrons. The van der Waals surface area contributed by atoms with Crippen LogP contribution in [0.25, 0.3) is 11.7 Å². The smallest absolute Gasteiger partial charge is 0.244 e. The molecule has 0 radical (unpaired) electrons. The first-order valence-electron chi connectivity index (χ1n) is 10.4. The van der Waals surface area contributed by atoms with Crippen molar-refractivity contribution in [2.24, 2.45) is 0 Å². The lowest BCUT2D eigenvalue weighted by Gasteiger charge is -2.06. The van der Waals surface area contributed by atoms with E-state index in [-0.39, 0.29) is 5.91 Å². The number of nitrogens with one attached hydrogen (secondary N) is 1. The lowest BCUT2D eigenvalue weighted by Crippen LogP contribution is -2.23. The van der Waals surface area contributed by atoms with Crippen molar-refractivity contribution in [3.8, 4) is 11.5 Å². The van der Waals surface area contributed by atoms with Crippen LogP contribution >= 0.6 is 0 Å². The topological polar surface area (TPSA) is 64.9 Å². The van der Waals surface area contributed by atoms with Gasteiger partial charge in [-0.3, -0.25) is 4.79 Å². The number of hydrogen-bond donors (Lipinski definition) is 1. The molecular weight excluding hydrogens is 402 g/mol. The van der Waals surface area contributed by atoms with Gasteiger partial charge in [0.05, 0.1) is 12.8 Å². The number of ether oxygens (including phenoxy) is 2. The molecule has 2 heterocycles. The minimum atomic E-state index is -0.143. The van der Waals surface area contributed by atoms with E-state index < -0.39 is 0 Å². The highest BCUT2D eigenvalue weighted by Crippen LogP contribution is 2.18. The highest BCUT2D eigenvalue weighted by molar-refractivity contribution is 5.91. The van der Waals surface area contributed by atoms with Gasteiger partial charge < -0.3 is 19.2 Å². The van der Waals surface area contributed by atoms with Gasteiger partial charge in [0.25, 0.3) is 0 Å². The highest BCUT2D eigenvalue weighted by Gasteiger charge is 2.06. The number of carbonyl (C=O) groups is 1. The number of hydrogen-bond acceptors (Lipinski definition) is 4. The Labute approximate surface area is 187 Å². The predicted octanol–water partition coefficient (Wildman–Crippen LogP) is 4.29. The first-order valence-corrected chi connectivity index (χ1v) is 10.4. The van der Waals surface area contributed by atoms with Gasteiger partial charge in [-0.15, -0.1) is 0 Å². The summed E-state index contributed by atoms with van der Waals surface area (Å²) in [5, 5.41) is 2.89. The molecule has 4 rings (SSSR count). The second-order valence-corrected chi connectivity index (χ2v) is 7.26. The molecule has 0 unspecified atom stereocenters. The summed E-state index contributed by atoms with van der Waals surface area (Å²) in [5.74, 6) is 1.37. The van der Waals surface area contributed by atoms with Crippen molar-refractivity contribution >= 4 is 17.6 Å². The van der Waals surface area contributed by atoms with Crippen LogP contribution in [-0.4, -0.2) is 28.9 Å². The van der Waals surface area contributed by atoms with Crippen molar-refractivity contribution in [3.05, 3.63) is 102 Å². The zero-order chi connectivity index (χ0) is 22.2. The van der Waals surface area contributed by atoms with Gasteiger partial charge >= 0.3 is 0 Å². The van der Waals surface area contributed by atoms with Crippen LogP contribution in [0, 0.1) is 0 Å². The van der Waals surface area contributed by atoms with Crippen molar-refractivity contribution < 1.29 is 14.3 Å². The van der Waals surface area contributed by atoms with Crippen LogP contribution in [0.5, 0.6) is 11.5 Å². The fourth-order valence-electron chi connectivity index (χ4n) is 3.28. The van der Waals surface area contributed by atoms with Gasteiger partial charge in [-0.25, -0.2) is 4.98 Å². The molecule has 1 N–H and O–H groups in total. The predicted molar refractivity (Wildman–Crippen MR) is 125 cm³/mol. The van der Waals surface area contributed by atoms with Gasteiger partial charge in [0, 0.05) is 31.4 Å². The van der Waals surface area contributed by atoms with Crippen molar-refractivity contribution in [1.29, 1.82) is 0 Å². The summed E-state index contributed by atoms with van der Waals surface area (Å²) in [7, 11) is 1.63. The molecule has 0 aliphatic carbocycles. The number of carbonyl (C=O) groups excluding carboxylic acids is 1. The van der Waals surface area contributed by atoms with Crippen LogP contribution in [0.1, 0.15) is 16.8 Å². The SMILES string of the molecule is COc1cccn2cc(CCNC(=O)/C=C/c3ccc(OCc4ccccc4)cc3)nc12. The molecule has 0 bridgehead atoms. The molecule has 0 spiro atoms. The summed E-state index contributed by atoms with van der Waals surface area (Å²) in [5.41, 5.74) is 3.72. The third-order valence-corrected chi connectivity index (χ3v) is 4.95. The van der Waals surface area contributed by atoms with Crippen LogP contribution in [0.4, 0.5) is 0 Å². The Morgan fingerprint density at radius 3 is 2.66 bits per heavy atom. The van der Waals surface area contributed by atoms with E-state index in [1.54, 1.807) is 13.2 Å². The number of aromatic nitrogens is 2. The van der Waals surface area contributed by atoms with Crippen LogP contribution < -0.4 is 14.8 Å². The fraction of sp³-hybridized carbons (Fsp3) is 0.154. The molecule has 0 atom stereocenters. The van der Waals surface area contributed by atoms with E-state index in [9.17, 15) is 4.79 Å². The molecule has 1 amide bonds. The maximum absolute atomic E-state index is 12.1. The summed E-state index contributed by atoms with van der Waals surface area (Å²) in [6, 6.07) is 21.5. The summed E-state index contributed by atoms with van der Waals surface area (Å²) in [4.78, 5) is 16.7. The number of pyridine rings is 1. The van der Waals surface area contributed by atoms with Crippen molar-refractivity contribution in [3.63, 3.8) is 0 Å². The lowest BCUT2D eigenvalue weighted by molar-refractivity contribution is -0.116. The number of nitrogens with zero attached hydrogens (tertiary/aromatic N) is 2. The summed E-state index contributed by atoms with van der Waals surface area (Å²) in [6.07, 6.45) is 7.82. The number of imidazole rings is 1. The Balaban J connectivity index is 1.23. The zero-order valence-electron chi connectivity index (χ0n) is 17.9. The first kappa shape index (κ1) is 21.2. The molecule has 0 saturated heterocycles. The van der Waals surface area contributed by atoms with Crippen LogP contribution in [-0.2, 0) is 17.8 Å². The molecule has 0 aliphatic heterocycles. The van der Waals surface area contributed by atoms with Gasteiger partial charge in [-0.1, -0.05) is 42.5 Å². The normalized spacial score (nSPS) is 11.0. The number of rotatable bonds is 9. The fourth-order valence-corrected chi connectivity index (χ4v) is 3.28. The average Bonchev–Trinajstić information content (AvgIpc) is 3.26. The van der Waals surface area contributed by atoms with Crippen LogP contribution in [0.2, 0.25) is 0 Å². The molecule has 4 aromatic rings. The minimum Gasteiger partial charge on any atom is -0.493 e. The average molecular weight is 428 g/mol. The third kappa shape index (κ3) is 5.55. The zero-order valence-corrected chi connectivity index (χ0v) is 17.9. The number of fused-ring (bicyclic) bond motifs is 1. The third-order valence-electron chi connectivity index (χ3n) is 4.95. The molecule has 2 aromatic carbocycles. The molecule has 6 heteroatoms. The van der Waals surface area contributed by atoms with Crippen LogP contribution in [0.15, 0.2) is 85.2 Å². The number of benzene rings is 2. The quantitative estimate of drug-likeness (QED) is 0.405. The van der Waals surface area contributed by atoms with E-state index in [1.807, 2.05) is 83.5 Å². The molecule has 2 aromatic heterocycles. The van der Waals surface area contributed by atoms with Gasteiger partial charge in [0.2, 0.25) is 5.91 Å². The molecule has 6 nitrogen and oxygen atoms in total. The van der Waals surface area contributed by atoms with E-state index in [0.29, 0.717) is 19.6 Å². The van der Waals surface area contributed by atoms with Gasteiger partial charge in [-0.2, -0.15) is 0 Å². The Kier molecular flexibility index (Phi) is 6.82. The van der Waals surface area contributed by atoms with E-state index in [0.717, 1.165) is 34.0 Å². The van der Waals surface area contributed by atoms with E-state index in [4.69, 9.17) is 9.47 Å². The second-order valence-electron chi connectivity index (χ2n) is 7.26. The molecular formula is C26H25N3O3. The largest absolute Gasteiger partial charge is 0.493 e. The molecule has 32 heavy (non-hydrogen) atoms. The summed E-state index contributed by atoms with van der Waals surface area (Å²) < 4.78 is 13.0. The Morgan fingerprint density at radius 1 is 1.06 bits per heavy atom. The monoisotopic (exact) mass is 427 g/mol. The Bertz CT molecular complexity index is 1200. The van der Waals surface area contributed by atoms with E-state index in [2.05, 4.69) is 10.3 Å². The van der Waals surface area contributed by atoms with Gasteiger partial charge in [0.15, 0.2) is 11.4 Å². The first-order chi connectivity index (χ1) is 15.7. The second kappa shape index (κ2) is 10.3. The maximum Gasteiger partial charge on any atom is 0.244 e. The number of amides is 1. The van der Waals surface area contributed by atoms with Crippen molar-refractivity contribution in [2.45, 2.75) is 13.0 Å². The van der Waals surface area contributed by atoms with Gasteiger partial charge in [-0.05, 0) is 41.5 Å². The lowest BCUT2D eigenvalue weighted by atomic mass is 10.2. The minimum absolute atomic E-state index is 0.143. The molecule has 0 aliphatic rings. The van der Waals surface area contributed by atoms with E-state index >= 15 is 0 Å². The Morgan fingerprint density at radius 2 is 1.88 bits per heavy atom. The maximum atomic E-state index is 12.1. The van der Waals surface area contributed by atoms with Crippen molar-refractivity contribution in [2.75, 3.05) is 13.7 Å². The molecule has 0 saturated carbocycles. The number of methoxy groups -OCH3 is 1. The molecule has 0 fully saturated rings. The van der Waals surface area contributed by atoms with Gasteiger partial charge in [0.1, 0.15) is 12.4 Å². The van der Waals surface area contributed by atoms with E-state index in [1.165, 1.54) is 6.08 Å². The Hall–Kier alpha value is -4.06. The van der Waals surface area contributed by atoms with Crippen molar-refractivity contribution in [1.82, 2.24) is 14.7 Å². The standard InChI is InChI=1S/C26H25N3O3/c1-31-24-8-5-17-29-18-22(28-26(24)29)15-16-27-25(30)14-11-20-9-12-23(13-10-20)32-19-21-6-3-2-4-7-21/h2-14,17-18H,15-16,19H2,1H3,(H,27,30)/b14-11+. The summed E-state index contributed by atoms with van der Waals surface area (Å²) >= 11 is 0.